The van der Waals surface area contributed by atoms with Gasteiger partial charge in [-0.15, -0.1) is 11.3 Å². The van der Waals surface area contributed by atoms with Crippen molar-refractivity contribution in [3.63, 3.8) is 0 Å². The molecule has 158 valence electrons. The Morgan fingerprint density at radius 3 is 2.77 bits per heavy atom. The number of hydrogen-bond acceptors (Lipinski definition) is 5. The number of benzene rings is 2. The predicted octanol–water partition coefficient (Wildman–Crippen LogP) is 5.63. The zero-order valence-electron chi connectivity index (χ0n) is 16.7. The van der Waals surface area contributed by atoms with Crippen LogP contribution in [0, 0.1) is 6.92 Å². The first kappa shape index (κ1) is 22.6. The summed E-state index contributed by atoms with van der Waals surface area (Å²) in [4.78, 5) is 19.4. The summed E-state index contributed by atoms with van der Waals surface area (Å²) in [6.45, 7) is 3.52. The summed E-state index contributed by atoms with van der Waals surface area (Å²) < 4.78 is 10.9. The second kappa shape index (κ2) is 10.8. The van der Waals surface area contributed by atoms with Crippen molar-refractivity contribution in [2.24, 2.45) is 0 Å². The van der Waals surface area contributed by atoms with E-state index in [1.807, 2.05) is 36.6 Å². The predicted molar refractivity (Wildman–Crippen MR) is 121 cm³/mol. The van der Waals surface area contributed by atoms with E-state index in [9.17, 15) is 4.79 Å². The highest BCUT2D eigenvalue weighted by atomic mass is 35.5. The third-order valence-electron chi connectivity index (χ3n) is 4.42. The summed E-state index contributed by atoms with van der Waals surface area (Å²) in [7, 11) is 1.62. The molecule has 0 unspecified atom stereocenters. The molecule has 30 heavy (non-hydrogen) atoms. The lowest BCUT2D eigenvalue weighted by Crippen LogP contribution is -2.34. The molecule has 5 nitrogen and oxygen atoms in total. The Kier molecular flexibility index (Phi) is 8.10. The lowest BCUT2D eigenvalue weighted by atomic mass is 10.1. The molecule has 0 aliphatic carbocycles. The standard InChI is InChI=1S/C22H22Cl2N2O3S/c1-15-5-3-4-6-18(15)22(27)26(9-10-28-2)12-17-14-30-21(25-17)13-29-20-11-16(23)7-8-19(20)24/h3-8,11,14H,9-10,12-13H2,1-2H3. The van der Waals surface area contributed by atoms with E-state index in [4.69, 9.17) is 32.7 Å². The third-order valence-corrected chi connectivity index (χ3v) is 5.84. The van der Waals surface area contributed by atoms with Crippen molar-refractivity contribution in [3.05, 3.63) is 79.7 Å². The molecule has 8 heteroatoms. The van der Waals surface area contributed by atoms with Gasteiger partial charge in [0.2, 0.25) is 0 Å². The lowest BCUT2D eigenvalue weighted by Gasteiger charge is -2.22. The first-order chi connectivity index (χ1) is 14.5. The van der Waals surface area contributed by atoms with Crippen LogP contribution in [0.25, 0.3) is 0 Å². The van der Waals surface area contributed by atoms with Crippen LogP contribution in [-0.2, 0) is 17.9 Å². The lowest BCUT2D eigenvalue weighted by molar-refractivity contribution is 0.0677. The van der Waals surface area contributed by atoms with Crippen LogP contribution in [0.4, 0.5) is 0 Å². The number of amides is 1. The Bertz CT molecular complexity index is 1010. The van der Waals surface area contributed by atoms with E-state index < -0.39 is 0 Å². The van der Waals surface area contributed by atoms with Crippen LogP contribution >= 0.6 is 34.5 Å². The molecule has 0 bridgehead atoms. The highest BCUT2D eigenvalue weighted by Crippen LogP contribution is 2.28. The fourth-order valence-corrected chi connectivity index (χ4v) is 3.88. The van der Waals surface area contributed by atoms with Crippen LogP contribution in [0.3, 0.4) is 0 Å². The number of aromatic nitrogens is 1. The van der Waals surface area contributed by atoms with Crippen molar-refractivity contribution in [1.29, 1.82) is 0 Å². The van der Waals surface area contributed by atoms with Crippen LogP contribution in [0.2, 0.25) is 10.0 Å². The van der Waals surface area contributed by atoms with E-state index >= 15 is 0 Å². The van der Waals surface area contributed by atoms with E-state index in [0.29, 0.717) is 41.1 Å². The van der Waals surface area contributed by atoms with E-state index in [1.165, 1.54) is 11.3 Å². The molecule has 3 aromatic rings. The molecule has 1 amide bonds. The van der Waals surface area contributed by atoms with Gasteiger partial charge in [0.05, 0.1) is 23.9 Å². The van der Waals surface area contributed by atoms with E-state index in [0.717, 1.165) is 16.3 Å². The molecule has 0 saturated heterocycles. The quantitative estimate of drug-likeness (QED) is 0.411. The van der Waals surface area contributed by atoms with Gasteiger partial charge in [-0.1, -0.05) is 41.4 Å². The third kappa shape index (κ3) is 5.95. The number of thiazole rings is 1. The molecule has 0 aliphatic heterocycles. The van der Waals surface area contributed by atoms with Gasteiger partial charge in [0.1, 0.15) is 17.4 Å². The molecule has 2 aromatic carbocycles. The van der Waals surface area contributed by atoms with Crippen molar-refractivity contribution in [2.45, 2.75) is 20.1 Å². The van der Waals surface area contributed by atoms with Crippen molar-refractivity contribution in [3.8, 4) is 5.75 Å². The minimum Gasteiger partial charge on any atom is -0.485 e. The Labute approximate surface area is 190 Å². The number of rotatable bonds is 9. The highest BCUT2D eigenvalue weighted by molar-refractivity contribution is 7.09. The number of halogens is 2. The van der Waals surface area contributed by atoms with Gasteiger partial charge in [-0.05, 0) is 30.7 Å². The number of methoxy groups -OCH3 is 1. The average Bonchev–Trinajstić information content (AvgIpc) is 3.19. The number of hydrogen-bond donors (Lipinski definition) is 0. The zero-order chi connectivity index (χ0) is 21.5. The molecular formula is C22H22Cl2N2O3S. The molecule has 0 radical (unpaired) electrons. The first-order valence-corrected chi connectivity index (χ1v) is 11.0. The van der Waals surface area contributed by atoms with Crippen LogP contribution in [0.1, 0.15) is 26.6 Å². The van der Waals surface area contributed by atoms with Crippen LogP contribution < -0.4 is 4.74 Å². The molecular weight excluding hydrogens is 443 g/mol. The Morgan fingerprint density at radius 1 is 1.20 bits per heavy atom. The summed E-state index contributed by atoms with van der Waals surface area (Å²) in [6, 6.07) is 12.6. The van der Waals surface area contributed by atoms with Crippen LogP contribution in [-0.4, -0.2) is 36.1 Å². The Morgan fingerprint density at radius 2 is 2.00 bits per heavy atom. The Balaban J connectivity index is 1.68. The molecule has 1 aromatic heterocycles. The summed E-state index contributed by atoms with van der Waals surface area (Å²) in [6.07, 6.45) is 0. The summed E-state index contributed by atoms with van der Waals surface area (Å²) in [5, 5.41) is 3.77. The largest absolute Gasteiger partial charge is 0.485 e. The van der Waals surface area contributed by atoms with Crippen molar-refractivity contribution >= 4 is 40.4 Å². The van der Waals surface area contributed by atoms with Gasteiger partial charge >= 0.3 is 0 Å². The van der Waals surface area contributed by atoms with Gasteiger partial charge in [-0.3, -0.25) is 4.79 Å². The van der Waals surface area contributed by atoms with E-state index in [-0.39, 0.29) is 12.5 Å². The number of ether oxygens (including phenoxy) is 2. The number of aryl methyl sites for hydroxylation is 1. The van der Waals surface area contributed by atoms with Crippen LogP contribution in [0.5, 0.6) is 5.75 Å². The number of carbonyl (C=O) groups is 1. The van der Waals surface area contributed by atoms with Gasteiger partial charge in [-0.2, -0.15) is 0 Å². The smallest absolute Gasteiger partial charge is 0.254 e. The topological polar surface area (TPSA) is 51.7 Å². The average molecular weight is 465 g/mol. The van der Waals surface area contributed by atoms with Gasteiger partial charge in [0.25, 0.3) is 5.91 Å². The molecule has 0 N–H and O–H groups in total. The molecule has 3 rings (SSSR count). The molecule has 1 heterocycles. The maximum Gasteiger partial charge on any atom is 0.254 e. The fraction of sp³-hybridized carbons (Fsp3) is 0.273. The van der Waals surface area contributed by atoms with Gasteiger partial charge in [-0.25, -0.2) is 4.98 Å². The van der Waals surface area contributed by atoms with E-state index in [1.54, 1.807) is 30.2 Å². The zero-order valence-corrected chi connectivity index (χ0v) is 19.1. The summed E-state index contributed by atoms with van der Waals surface area (Å²) in [5.41, 5.74) is 2.42. The van der Waals surface area contributed by atoms with Crippen molar-refractivity contribution in [1.82, 2.24) is 9.88 Å². The molecule has 0 fully saturated rings. The van der Waals surface area contributed by atoms with Gasteiger partial charge < -0.3 is 14.4 Å². The minimum atomic E-state index is -0.0401. The maximum atomic E-state index is 13.1. The second-order valence-corrected chi connectivity index (χ2v) is 8.42. The van der Waals surface area contributed by atoms with Gasteiger partial charge in [0.15, 0.2) is 0 Å². The SMILES string of the molecule is COCCN(Cc1csc(COc2cc(Cl)ccc2Cl)n1)C(=O)c1ccccc1C. The normalized spacial score (nSPS) is 10.8. The second-order valence-electron chi connectivity index (χ2n) is 6.63. The number of carbonyl (C=O) groups excluding carboxylic acids is 1. The van der Waals surface area contributed by atoms with Gasteiger partial charge in [0, 0.05) is 35.7 Å². The molecule has 0 aliphatic rings. The summed E-state index contributed by atoms with van der Waals surface area (Å²) in [5.74, 6) is 0.471. The molecule has 0 saturated carbocycles. The monoisotopic (exact) mass is 464 g/mol. The van der Waals surface area contributed by atoms with Crippen molar-refractivity contribution < 1.29 is 14.3 Å². The minimum absolute atomic E-state index is 0.0401. The van der Waals surface area contributed by atoms with E-state index in [2.05, 4.69) is 4.98 Å². The molecule has 0 spiro atoms. The van der Waals surface area contributed by atoms with Crippen LogP contribution in [0.15, 0.2) is 47.8 Å². The maximum absolute atomic E-state index is 13.1. The highest BCUT2D eigenvalue weighted by Gasteiger charge is 2.19. The Hall–Kier alpha value is -2.12. The molecule has 0 atom stereocenters. The fourth-order valence-electron chi connectivity index (χ4n) is 2.85. The first-order valence-electron chi connectivity index (χ1n) is 9.33. The summed E-state index contributed by atoms with van der Waals surface area (Å²) >= 11 is 13.6. The van der Waals surface area contributed by atoms with Crippen molar-refractivity contribution in [2.75, 3.05) is 20.3 Å². The number of nitrogens with zero attached hydrogens (tertiary/aromatic N) is 2.